The minimum absolute atomic E-state index is 0.0589. The van der Waals surface area contributed by atoms with Gasteiger partial charge >= 0.3 is 12.0 Å². The number of ether oxygens (including phenoxy) is 1. The zero-order valence-corrected chi connectivity index (χ0v) is 9.62. The molecule has 0 aromatic heterocycles. The van der Waals surface area contributed by atoms with E-state index < -0.39 is 5.97 Å². The number of urea groups is 1. The molecular weight excluding hydrogens is 210 g/mol. The molecule has 1 aliphatic heterocycles. The molecule has 1 rings (SSSR count). The smallest absolute Gasteiger partial charge is 0.325 e. The van der Waals surface area contributed by atoms with Crippen LogP contribution in [0.25, 0.3) is 0 Å². The Hall–Kier alpha value is -1.30. The summed E-state index contributed by atoms with van der Waals surface area (Å²) in [7, 11) is 0. The van der Waals surface area contributed by atoms with Crippen molar-refractivity contribution in [1.29, 1.82) is 0 Å². The molecule has 0 aromatic carbocycles. The van der Waals surface area contributed by atoms with Crippen LogP contribution in [0.5, 0.6) is 0 Å². The first-order valence-corrected chi connectivity index (χ1v) is 5.63. The second kappa shape index (κ2) is 7.05. The third-order valence-electron chi connectivity index (χ3n) is 2.32. The molecule has 0 aromatic rings. The average molecular weight is 229 g/mol. The summed E-state index contributed by atoms with van der Waals surface area (Å²) in [4.78, 5) is 24.4. The number of hydrogen-bond donors (Lipinski definition) is 2. The highest BCUT2D eigenvalue weighted by Gasteiger charge is 2.15. The van der Waals surface area contributed by atoms with Gasteiger partial charge in [0.2, 0.25) is 0 Å². The third-order valence-corrected chi connectivity index (χ3v) is 2.32. The van der Waals surface area contributed by atoms with Gasteiger partial charge in [-0.1, -0.05) is 0 Å². The second-order valence-corrected chi connectivity index (χ2v) is 3.55. The molecule has 0 aliphatic carbocycles. The maximum Gasteiger partial charge on any atom is 0.325 e. The number of rotatable bonds is 3. The number of nitrogens with one attached hydrogen (secondary N) is 2. The minimum atomic E-state index is -0.399. The predicted molar refractivity (Wildman–Crippen MR) is 59.1 cm³/mol. The lowest BCUT2D eigenvalue weighted by atomic mass is 10.4. The Bertz CT molecular complexity index is 237. The Balaban J connectivity index is 2.25. The number of amides is 2. The molecule has 0 unspecified atom stereocenters. The molecule has 1 saturated heterocycles. The van der Waals surface area contributed by atoms with Gasteiger partial charge in [0.15, 0.2) is 0 Å². The lowest BCUT2D eigenvalue weighted by Crippen LogP contribution is -2.43. The molecule has 0 bridgehead atoms. The SMILES string of the molecule is CCOC(=O)CNC(=O)N1CCCNCC1. The van der Waals surface area contributed by atoms with Gasteiger partial charge in [0, 0.05) is 19.6 Å². The summed E-state index contributed by atoms with van der Waals surface area (Å²) < 4.78 is 4.72. The molecule has 0 spiro atoms. The molecule has 92 valence electrons. The van der Waals surface area contributed by atoms with Gasteiger partial charge in [0.25, 0.3) is 0 Å². The number of nitrogens with zero attached hydrogens (tertiary/aromatic N) is 1. The fourth-order valence-corrected chi connectivity index (χ4v) is 1.52. The topological polar surface area (TPSA) is 70.7 Å². The van der Waals surface area contributed by atoms with Crippen molar-refractivity contribution in [1.82, 2.24) is 15.5 Å². The highest BCUT2D eigenvalue weighted by molar-refractivity contribution is 5.80. The van der Waals surface area contributed by atoms with Crippen LogP contribution in [0, 0.1) is 0 Å². The van der Waals surface area contributed by atoms with Crippen LogP contribution >= 0.6 is 0 Å². The van der Waals surface area contributed by atoms with E-state index in [-0.39, 0.29) is 12.6 Å². The van der Waals surface area contributed by atoms with Crippen LogP contribution in [-0.4, -0.2) is 56.2 Å². The van der Waals surface area contributed by atoms with Crippen LogP contribution in [0.1, 0.15) is 13.3 Å². The van der Waals surface area contributed by atoms with Gasteiger partial charge in [-0.15, -0.1) is 0 Å². The maximum absolute atomic E-state index is 11.6. The van der Waals surface area contributed by atoms with Gasteiger partial charge in [-0.3, -0.25) is 4.79 Å². The van der Waals surface area contributed by atoms with E-state index in [1.807, 2.05) is 0 Å². The molecule has 16 heavy (non-hydrogen) atoms. The van der Waals surface area contributed by atoms with Gasteiger partial charge in [-0.2, -0.15) is 0 Å². The molecule has 1 fully saturated rings. The first kappa shape index (κ1) is 12.8. The standard InChI is InChI=1S/C10H19N3O3/c1-2-16-9(14)8-12-10(15)13-6-3-4-11-5-7-13/h11H,2-8H2,1H3,(H,12,15). The van der Waals surface area contributed by atoms with E-state index in [0.717, 1.165) is 26.1 Å². The van der Waals surface area contributed by atoms with E-state index >= 15 is 0 Å². The van der Waals surface area contributed by atoms with Crippen molar-refractivity contribution in [3.05, 3.63) is 0 Å². The van der Waals surface area contributed by atoms with Crippen LogP contribution in [-0.2, 0) is 9.53 Å². The molecular formula is C10H19N3O3. The number of esters is 1. The summed E-state index contributed by atoms with van der Waals surface area (Å²) in [5.41, 5.74) is 0. The monoisotopic (exact) mass is 229 g/mol. The summed E-state index contributed by atoms with van der Waals surface area (Å²) >= 11 is 0. The summed E-state index contributed by atoms with van der Waals surface area (Å²) in [6, 6.07) is -0.197. The van der Waals surface area contributed by atoms with Gasteiger partial charge in [-0.05, 0) is 19.9 Å². The Kier molecular flexibility index (Phi) is 5.63. The third kappa shape index (κ3) is 4.48. The van der Waals surface area contributed by atoms with E-state index in [1.54, 1.807) is 11.8 Å². The quantitative estimate of drug-likeness (QED) is 0.643. The molecule has 2 amide bonds. The van der Waals surface area contributed by atoms with Crippen molar-refractivity contribution in [3.63, 3.8) is 0 Å². The average Bonchev–Trinajstić information content (AvgIpc) is 2.55. The molecule has 0 atom stereocenters. The molecule has 1 aliphatic rings. The van der Waals surface area contributed by atoms with Crippen LogP contribution < -0.4 is 10.6 Å². The van der Waals surface area contributed by atoms with Crippen molar-refractivity contribution in [3.8, 4) is 0 Å². The summed E-state index contributed by atoms with van der Waals surface area (Å²) in [6.45, 7) is 5.14. The lowest BCUT2D eigenvalue weighted by molar-refractivity contribution is -0.141. The fraction of sp³-hybridized carbons (Fsp3) is 0.800. The highest BCUT2D eigenvalue weighted by atomic mass is 16.5. The van der Waals surface area contributed by atoms with Crippen LogP contribution in [0.2, 0.25) is 0 Å². The van der Waals surface area contributed by atoms with Gasteiger partial charge in [0.05, 0.1) is 6.61 Å². The highest BCUT2D eigenvalue weighted by Crippen LogP contribution is 1.95. The zero-order chi connectivity index (χ0) is 11.8. The van der Waals surface area contributed by atoms with Gasteiger partial charge < -0.3 is 20.3 Å². The van der Waals surface area contributed by atoms with E-state index in [2.05, 4.69) is 10.6 Å². The van der Waals surface area contributed by atoms with E-state index in [4.69, 9.17) is 4.74 Å². The van der Waals surface area contributed by atoms with E-state index in [0.29, 0.717) is 13.2 Å². The first-order valence-electron chi connectivity index (χ1n) is 5.63. The maximum atomic E-state index is 11.6. The van der Waals surface area contributed by atoms with Crippen molar-refractivity contribution in [2.24, 2.45) is 0 Å². The molecule has 0 radical (unpaired) electrons. The van der Waals surface area contributed by atoms with Crippen LogP contribution in [0.15, 0.2) is 0 Å². The summed E-state index contributed by atoms with van der Waals surface area (Å²) in [5, 5.41) is 5.75. The first-order chi connectivity index (χ1) is 7.74. The second-order valence-electron chi connectivity index (χ2n) is 3.55. The molecule has 6 nitrogen and oxygen atoms in total. The van der Waals surface area contributed by atoms with Crippen LogP contribution in [0.3, 0.4) is 0 Å². The fourth-order valence-electron chi connectivity index (χ4n) is 1.52. The van der Waals surface area contributed by atoms with Crippen molar-refractivity contribution < 1.29 is 14.3 Å². The number of carbonyl (C=O) groups is 2. The Morgan fingerprint density at radius 1 is 1.38 bits per heavy atom. The van der Waals surface area contributed by atoms with Gasteiger partial charge in [-0.25, -0.2) is 4.79 Å². The van der Waals surface area contributed by atoms with Crippen molar-refractivity contribution in [2.45, 2.75) is 13.3 Å². The summed E-state index contributed by atoms with van der Waals surface area (Å²) in [5.74, 6) is -0.399. The van der Waals surface area contributed by atoms with Gasteiger partial charge in [0.1, 0.15) is 6.54 Å². The predicted octanol–water partition coefficient (Wildman–Crippen LogP) is -0.446. The molecule has 0 saturated carbocycles. The Morgan fingerprint density at radius 3 is 2.94 bits per heavy atom. The Labute approximate surface area is 95.3 Å². The lowest BCUT2D eigenvalue weighted by Gasteiger charge is -2.19. The van der Waals surface area contributed by atoms with E-state index in [9.17, 15) is 9.59 Å². The number of hydrogen-bond acceptors (Lipinski definition) is 4. The normalized spacial score (nSPS) is 16.4. The van der Waals surface area contributed by atoms with Crippen molar-refractivity contribution in [2.75, 3.05) is 39.3 Å². The minimum Gasteiger partial charge on any atom is -0.465 e. The molecule has 2 N–H and O–H groups in total. The zero-order valence-electron chi connectivity index (χ0n) is 9.62. The van der Waals surface area contributed by atoms with E-state index in [1.165, 1.54) is 0 Å². The number of carbonyl (C=O) groups excluding carboxylic acids is 2. The summed E-state index contributed by atoms with van der Waals surface area (Å²) in [6.07, 6.45) is 0.937. The largest absolute Gasteiger partial charge is 0.465 e. The van der Waals surface area contributed by atoms with Crippen molar-refractivity contribution >= 4 is 12.0 Å². The molecule has 6 heteroatoms. The van der Waals surface area contributed by atoms with Crippen LogP contribution in [0.4, 0.5) is 4.79 Å². The molecule has 1 heterocycles. The Morgan fingerprint density at radius 2 is 2.19 bits per heavy atom.